The lowest BCUT2D eigenvalue weighted by atomic mass is 9.98. The van der Waals surface area contributed by atoms with E-state index in [0.29, 0.717) is 37.1 Å². The summed E-state index contributed by atoms with van der Waals surface area (Å²) in [6.45, 7) is 7.40. The van der Waals surface area contributed by atoms with E-state index in [0.717, 1.165) is 24.6 Å². The zero-order valence-electron chi connectivity index (χ0n) is 15.5. The van der Waals surface area contributed by atoms with E-state index in [1.54, 1.807) is 12.4 Å². The normalized spacial score (nSPS) is 17.2. The highest BCUT2D eigenvalue weighted by Crippen LogP contribution is 2.18. The maximum absolute atomic E-state index is 12.1. The van der Waals surface area contributed by atoms with E-state index in [1.165, 1.54) is 12.8 Å². The monoisotopic (exact) mass is 357 g/mol. The van der Waals surface area contributed by atoms with Crippen molar-refractivity contribution in [2.45, 2.75) is 45.6 Å². The lowest BCUT2D eigenvalue weighted by Crippen LogP contribution is -2.45. The molecule has 7 nitrogen and oxygen atoms in total. The molecular formula is C19H27N5O2. The second-order valence-electron chi connectivity index (χ2n) is 7.13. The Kier molecular flexibility index (Phi) is 6.33. The van der Waals surface area contributed by atoms with Crippen molar-refractivity contribution in [3.63, 3.8) is 0 Å². The molecule has 0 aliphatic carbocycles. The lowest BCUT2D eigenvalue weighted by Gasteiger charge is -2.35. The van der Waals surface area contributed by atoms with E-state index in [-0.39, 0.29) is 5.91 Å². The van der Waals surface area contributed by atoms with Crippen molar-refractivity contribution in [3.8, 4) is 11.4 Å². The van der Waals surface area contributed by atoms with E-state index in [4.69, 9.17) is 4.52 Å². The Morgan fingerprint density at radius 3 is 2.96 bits per heavy atom. The fraction of sp³-hybridized carbons (Fsp3) is 0.579. The summed E-state index contributed by atoms with van der Waals surface area (Å²) in [5, 5.41) is 6.96. The summed E-state index contributed by atoms with van der Waals surface area (Å²) in [5.74, 6) is 1.81. The lowest BCUT2D eigenvalue weighted by molar-refractivity contribution is -0.121. The Balaban J connectivity index is 1.40. The first-order valence-electron chi connectivity index (χ1n) is 9.35. The molecule has 1 atom stereocenters. The molecule has 0 radical (unpaired) electrons. The Labute approximate surface area is 154 Å². The van der Waals surface area contributed by atoms with Crippen LogP contribution in [-0.2, 0) is 11.2 Å². The first-order chi connectivity index (χ1) is 12.6. The quantitative estimate of drug-likeness (QED) is 0.818. The number of hydrogen-bond acceptors (Lipinski definition) is 6. The van der Waals surface area contributed by atoms with Crippen molar-refractivity contribution in [3.05, 3.63) is 30.4 Å². The average molecular weight is 357 g/mol. The van der Waals surface area contributed by atoms with Crippen molar-refractivity contribution >= 4 is 5.91 Å². The zero-order chi connectivity index (χ0) is 18.4. The van der Waals surface area contributed by atoms with E-state index in [9.17, 15) is 4.79 Å². The van der Waals surface area contributed by atoms with Crippen LogP contribution in [0.2, 0.25) is 0 Å². The van der Waals surface area contributed by atoms with Crippen LogP contribution >= 0.6 is 0 Å². The highest BCUT2D eigenvalue weighted by Gasteiger charge is 2.20. The molecule has 1 aliphatic rings. The summed E-state index contributed by atoms with van der Waals surface area (Å²) in [5.41, 5.74) is 0.802. The van der Waals surface area contributed by atoms with Crippen LogP contribution < -0.4 is 5.32 Å². The molecule has 0 aromatic carbocycles. The van der Waals surface area contributed by atoms with Crippen LogP contribution in [0.1, 0.15) is 39.0 Å². The maximum atomic E-state index is 12.1. The summed E-state index contributed by atoms with van der Waals surface area (Å²) in [6, 6.07) is 4.06. The summed E-state index contributed by atoms with van der Waals surface area (Å²) >= 11 is 0. The molecular weight excluding hydrogens is 330 g/mol. The number of aryl methyl sites for hydroxylation is 1. The Morgan fingerprint density at radius 1 is 1.42 bits per heavy atom. The van der Waals surface area contributed by atoms with Crippen molar-refractivity contribution in [2.24, 2.45) is 5.92 Å². The summed E-state index contributed by atoms with van der Waals surface area (Å²) in [4.78, 5) is 22.9. The summed E-state index contributed by atoms with van der Waals surface area (Å²) < 4.78 is 5.22. The van der Waals surface area contributed by atoms with Gasteiger partial charge in [-0.1, -0.05) is 12.1 Å². The number of hydrogen-bond donors (Lipinski definition) is 1. The molecule has 0 unspecified atom stereocenters. The number of rotatable bonds is 7. The minimum atomic E-state index is 0.0170. The molecule has 140 valence electrons. The van der Waals surface area contributed by atoms with Gasteiger partial charge in [0.05, 0.1) is 0 Å². The Hall–Kier alpha value is -2.28. The van der Waals surface area contributed by atoms with E-state index < -0.39 is 0 Å². The number of nitrogens with zero attached hydrogens (tertiary/aromatic N) is 4. The molecule has 1 saturated heterocycles. The van der Waals surface area contributed by atoms with Crippen molar-refractivity contribution in [1.29, 1.82) is 0 Å². The van der Waals surface area contributed by atoms with Crippen LogP contribution in [0.5, 0.6) is 0 Å². The highest BCUT2D eigenvalue weighted by atomic mass is 16.5. The van der Waals surface area contributed by atoms with Crippen LogP contribution in [0, 0.1) is 5.92 Å². The van der Waals surface area contributed by atoms with E-state index in [1.807, 2.05) is 12.1 Å². The third-order valence-electron chi connectivity index (χ3n) is 4.99. The minimum Gasteiger partial charge on any atom is -0.355 e. The van der Waals surface area contributed by atoms with Gasteiger partial charge in [-0.2, -0.15) is 4.98 Å². The second-order valence-corrected chi connectivity index (χ2v) is 7.13. The molecule has 3 heterocycles. The number of likely N-dealkylation sites (tertiary alicyclic amines) is 1. The summed E-state index contributed by atoms with van der Waals surface area (Å²) in [7, 11) is 0. The van der Waals surface area contributed by atoms with Gasteiger partial charge in [-0.15, -0.1) is 0 Å². The summed E-state index contributed by atoms with van der Waals surface area (Å²) in [6.07, 6.45) is 6.65. The van der Waals surface area contributed by atoms with Gasteiger partial charge in [0.2, 0.25) is 17.6 Å². The number of piperidine rings is 1. The van der Waals surface area contributed by atoms with Gasteiger partial charge in [0.1, 0.15) is 0 Å². The fourth-order valence-corrected chi connectivity index (χ4v) is 3.14. The first kappa shape index (κ1) is 18.5. The Bertz CT molecular complexity index is 695. The molecule has 7 heteroatoms. The van der Waals surface area contributed by atoms with Gasteiger partial charge in [0, 0.05) is 43.4 Å². The molecule has 3 rings (SSSR count). The van der Waals surface area contributed by atoms with Crippen molar-refractivity contribution in [1.82, 2.24) is 25.3 Å². The molecule has 0 saturated carbocycles. The van der Waals surface area contributed by atoms with E-state index in [2.05, 4.69) is 39.2 Å². The third-order valence-corrected chi connectivity index (χ3v) is 4.99. The Morgan fingerprint density at radius 2 is 2.23 bits per heavy atom. The largest absolute Gasteiger partial charge is 0.355 e. The second kappa shape index (κ2) is 8.89. The number of aromatic nitrogens is 3. The molecule has 2 aromatic rings. The van der Waals surface area contributed by atoms with Gasteiger partial charge in [0.25, 0.3) is 0 Å². The van der Waals surface area contributed by atoms with Crippen LogP contribution in [0.25, 0.3) is 11.4 Å². The van der Waals surface area contributed by atoms with Crippen molar-refractivity contribution in [2.75, 3.05) is 19.6 Å². The van der Waals surface area contributed by atoms with Gasteiger partial charge < -0.3 is 9.84 Å². The molecule has 1 aliphatic heterocycles. The van der Waals surface area contributed by atoms with Gasteiger partial charge >= 0.3 is 0 Å². The minimum absolute atomic E-state index is 0.0170. The van der Waals surface area contributed by atoms with E-state index >= 15 is 0 Å². The number of carbonyl (C=O) groups is 1. The number of amides is 1. The SMILES string of the molecule is CC1CCN([C@H](C)CNC(=O)CCc2nc(-c3cccnc3)no2)CC1. The third kappa shape index (κ3) is 5.11. The number of pyridine rings is 1. The predicted molar refractivity (Wildman–Crippen MR) is 98.3 cm³/mol. The standard InChI is InChI=1S/C19H27N5O2/c1-14-7-10-24(11-8-14)15(2)12-21-17(25)5-6-18-22-19(23-26-18)16-4-3-9-20-13-16/h3-4,9,13-15H,5-8,10-12H2,1-2H3,(H,21,25)/t15-/m1/s1. The predicted octanol–water partition coefficient (Wildman–Crippen LogP) is 2.30. The van der Waals surface area contributed by atoms with Crippen LogP contribution in [0.15, 0.2) is 29.0 Å². The fourth-order valence-electron chi connectivity index (χ4n) is 3.14. The molecule has 1 fully saturated rings. The maximum Gasteiger partial charge on any atom is 0.227 e. The van der Waals surface area contributed by atoms with Gasteiger partial charge in [0.15, 0.2) is 0 Å². The molecule has 0 spiro atoms. The number of nitrogens with one attached hydrogen (secondary N) is 1. The molecule has 1 N–H and O–H groups in total. The van der Waals surface area contributed by atoms with Gasteiger partial charge in [-0.3, -0.25) is 14.7 Å². The van der Waals surface area contributed by atoms with Crippen LogP contribution in [0.4, 0.5) is 0 Å². The van der Waals surface area contributed by atoms with Crippen LogP contribution in [-0.4, -0.2) is 51.6 Å². The zero-order valence-corrected chi connectivity index (χ0v) is 15.5. The van der Waals surface area contributed by atoms with Gasteiger partial charge in [-0.25, -0.2) is 0 Å². The smallest absolute Gasteiger partial charge is 0.227 e. The number of carbonyl (C=O) groups excluding carboxylic acids is 1. The molecule has 0 bridgehead atoms. The van der Waals surface area contributed by atoms with Gasteiger partial charge in [-0.05, 0) is 50.9 Å². The topological polar surface area (TPSA) is 84.2 Å². The molecule has 26 heavy (non-hydrogen) atoms. The molecule has 1 amide bonds. The van der Waals surface area contributed by atoms with Crippen LogP contribution in [0.3, 0.4) is 0 Å². The average Bonchev–Trinajstić information content (AvgIpc) is 3.15. The molecule has 2 aromatic heterocycles. The van der Waals surface area contributed by atoms with Crippen molar-refractivity contribution < 1.29 is 9.32 Å². The highest BCUT2D eigenvalue weighted by molar-refractivity contribution is 5.76. The first-order valence-corrected chi connectivity index (χ1v) is 9.35.